The molecule has 1 fully saturated rings. The number of hydrogen-bond acceptors (Lipinski definition) is 2. The van der Waals surface area contributed by atoms with Gasteiger partial charge in [-0.25, -0.2) is 0 Å². The molecule has 0 radical (unpaired) electrons. The highest BCUT2D eigenvalue weighted by Crippen LogP contribution is 2.38. The molecular weight excluding hydrogens is 246 g/mol. The predicted molar refractivity (Wildman–Crippen MR) is 77.4 cm³/mol. The molecule has 0 bridgehead atoms. The zero-order chi connectivity index (χ0) is 13.3. The Hall–Kier alpha value is -0.730. The topological polar surface area (TPSA) is 23.5 Å². The third-order valence-electron chi connectivity index (χ3n) is 4.37. The summed E-state index contributed by atoms with van der Waals surface area (Å²) in [6.07, 6.45) is 1.10. The second-order valence-electron chi connectivity index (χ2n) is 5.95. The SMILES string of the molecule is Cc1c(Cl)cccc1N1CCC(C)(C)C(CO)C1. The van der Waals surface area contributed by atoms with Crippen LogP contribution in [-0.2, 0) is 0 Å². The van der Waals surface area contributed by atoms with E-state index in [1.807, 2.05) is 12.1 Å². The van der Waals surface area contributed by atoms with Gasteiger partial charge >= 0.3 is 0 Å². The Bertz CT molecular complexity index is 431. The van der Waals surface area contributed by atoms with Crippen LogP contribution in [0.25, 0.3) is 0 Å². The van der Waals surface area contributed by atoms with E-state index in [-0.39, 0.29) is 12.0 Å². The van der Waals surface area contributed by atoms with Crippen molar-refractivity contribution in [3.63, 3.8) is 0 Å². The largest absolute Gasteiger partial charge is 0.396 e. The maximum atomic E-state index is 9.56. The van der Waals surface area contributed by atoms with E-state index in [4.69, 9.17) is 11.6 Å². The molecule has 1 saturated heterocycles. The maximum Gasteiger partial charge on any atom is 0.0481 e. The zero-order valence-electron chi connectivity index (χ0n) is 11.4. The molecular formula is C15H22ClNO. The van der Waals surface area contributed by atoms with Crippen molar-refractivity contribution in [3.05, 3.63) is 28.8 Å². The molecule has 1 N–H and O–H groups in total. The first kappa shape index (κ1) is 13.7. The Morgan fingerprint density at radius 2 is 2.17 bits per heavy atom. The lowest BCUT2D eigenvalue weighted by molar-refractivity contribution is 0.0967. The molecule has 0 aliphatic carbocycles. The summed E-state index contributed by atoms with van der Waals surface area (Å²) in [5, 5.41) is 10.4. The lowest BCUT2D eigenvalue weighted by Gasteiger charge is -2.44. The molecule has 2 nitrogen and oxygen atoms in total. The fourth-order valence-corrected chi connectivity index (χ4v) is 2.86. The van der Waals surface area contributed by atoms with E-state index >= 15 is 0 Å². The summed E-state index contributed by atoms with van der Waals surface area (Å²) in [5.41, 5.74) is 2.56. The van der Waals surface area contributed by atoms with Gasteiger partial charge in [-0.3, -0.25) is 0 Å². The Labute approximate surface area is 115 Å². The first-order chi connectivity index (χ1) is 8.45. The van der Waals surface area contributed by atoms with Crippen molar-refractivity contribution < 1.29 is 5.11 Å². The van der Waals surface area contributed by atoms with E-state index in [1.165, 1.54) is 5.69 Å². The molecule has 1 aromatic carbocycles. The van der Waals surface area contributed by atoms with Crippen molar-refractivity contribution in [2.45, 2.75) is 27.2 Å². The van der Waals surface area contributed by atoms with Crippen LogP contribution in [-0.4, -0.2) is 24.8 Å². The molecule has 3 heteroatoms. The van der Waals surface area contributed by atoms with Crippen LogP contribution in [0.5, 0.6) is 0 Å². The zero-order valence-corrected chi connectivity index (χ0v) is 12.2. The summed E-state index contributed by atoms with van der Waals surface area (Å²) in [6, 6.07) is 6.05. The van der Waals surface area contributed by atoms with Crippen LogP contribution in [0.1, 0.15) is 25.8 Å². The number of nitrogens with zero attached hydrogens (tertiary/aromatic N) is 1. The molecule has 1 atom stereocenters. The second kappa shape index (κ2) is 5.10. The number of aliphatic hydroxyl groups is 1. The maximum absolute atomic E-state index is 9.56. The fourth-order valence-electron chi connectivity index (χ4n) is 2.69. The normalized spacial score (nSPS) is 23.2. The van der Waals surface area contributed by atoms with Gasteiger partial charge in [-0.05, 0) is 36.5 Å². The molecule has 1 unspecified atom stereocenters. The highest BCUT2D eigenvalue weighted by atomic mass is 35.5. The van der Waals surface area contributed by atoms with Gasteiger partial charge in [0.2, 0.25) is 0 Å². The number of anilines is 1. The minimum Gasteiger partial charge on any atom is -0.396 e. The quantitative estimate of drug-likeness (QED) is 0.887. The van der Waals surface area contributed by atoms with Gasteiger partial charge in [0, 0.05) is 36.3 Å². The number of benzene rings is 1. The molecule has 0 spiro atoms. The minimum atomic E-state index is 0.220. The van der Waals surface area contributed by atoms with Gasteiger partial charge in [0.1, 0.15) is 0 Å². The van der Waals surface area contributed by atoms with E-state index in [1.54, 1.807) is 0 Å². The molecule has 1 aliphatic rings. The van der Waals surface area contributed by atoms with E-state index in [9.17, 15) is 5.11 Å². The smallest absolute Gasteiger partial charge is 0.0481 e. The van der Waals surface area contributed by atoms with Crippen LogP contribution in [0, 0.1) is 18.3 Å². The molecule has 0 aromatic heterocycles. The predicted octanol–water partition coefficient (Wildman–Crippen LogP) is 3.49. The van der Waals surface area contributed by atoms with Crippen LogP contribution in [0.15, 0.2) is 18.2 Å². The van der Waals surface area contributed by atoms with Gasteiger partial charge in [-0.2, -0.15) is 0 Å². The van der Waals surface area contributed by atoms with Crippen molar-refractivity contribution in [1.29, 1.82) is 0 Å². The molecule has 2 rings (SSSR count). The minimum absolute atomic E-state index is 0.220. The van der Waals surface area contributed by atoms with E-state index in [0.717, 1.165) is 30.1 Å². The van der Waals surface area contributed by atoms with Crippen molar-refractivity contribution in [2.75, 3.05) is 24.6 Å². The molecule has 1 heterocycles. The van der Waals surface area contributed by atoms with Gasteiger partial charge in [0.15, 0.2) is 0 Å². The van der Waals surface area contributed by atoms with Crippen molar-refractivity contribution >= 4 is 17.3 Å². The number of rotatable bonds is 2. The summed E-state index contributed by atoms with van der Waals surface area (Å²) in [5.74, 6) is 0.324. The Balaban J connectivity index is 2.23. The van der Waals surface area contributed by atoms with Gasteiger partial charge in [-0.15, -0.1) is 0 Å². The van der Waals surface area contributed by atoms with E-state index < -0.39 is 0 Å². The third kappa shape index (κ3) is 2.50. The Morgan fingerprint density at radius 1 is 1.44 bits per heavy atom. The number of halogens is 1. The molecule has 100 valence electrons. The number of piperidine rings is 1. The number of aliphatic hydroxyl groups excluding tert-OH is 1. The summed E-state index contributed by atoms with van der Waals surface area (Å²) in [4.78, 5) is 2.35. The first-order valence-electron chi connectivity index (χ1n) is 6.56. The van der Waals surface area contributed by atoms with Gasteiger partial charge in [-0.1, -0.05) is 31.5 Å². The van der Waals surface area contributed by atoms with Crippen LogP contribution >= 0.6 is 11.6 Å². The summed E-state index contributed by atoms with van der Waals surface area (Å²) in [6.45, 7) is 8.75. The van der Waals surface area contributed by atoms with Crippen LogP contribution in [0.4, 0.5) is 5.69 Å². The second-order valence-corrected chi connectivity index (χ2v) is 6.36. The standard InChI is InChI=1S/C15H22ClNO/c1-11-13(16)5-4-6-14(11)17-8-7-15(2,3)12(9-17)10-18/h4-6,12,18H,7-10H2,1-3H3. The molecule has 0 amide bonds. The van der Waals surface area contributed by atoms with Crippen LogP contribution in [0.2, 0.25) is 5.02 Å². The summed E-state index contributed by atoms with van der Waals surface area (Å²) >= 11 is 6.18. The van der Waals surface area contributed by atoms with Crippen molar-refractivity contribution in [2.24, 2.45) is 11.3 Å². The molecule has 1 aromatic rings. The molecule has 0 saturated carbocycles. The fraction of sp³-hybridized carbons (Fsp3) is 0.600. The summed E-state index contributed by atoms with van der Waals surface area (Å²) < 4.78 is 0. The van der Waals surface area contributed by atoms with E-state index in [0.29, 0.717) is 5.92 Å². The molecule has 1 aliphatic heterocycles. The van der Waals surface area contributed by atoms with Crippen LogP contribution in [0.3, 0.4) is 0 Å². The Kier molecular flexibility index (Phi) is 3.88. The average Bonchev–Trinajstić information content (AvgIpc) is 2.33. The lowest BCUT2D eigenvalue weighted by Crippen LogP contribution is -2.46. The first-order valence-corrected chi connectivity index (χ1v) is 6.94. The van der Waals surface area contributed by atoms with Gasteiger partial charge in [0.05, 0.1) is 0 Å². The lowest BCUT2D eigenvalue weighted by atomic mass is 9.73. The highest BCUT2D eigenvalue weighted by molar-refractivity contribution is 6.31. The van der Waals surface area contributed by atoms with E-state index in [2.05, 4.69) is 31.7 Å². The van der Waals surface area contributed by atoms with Gasteiger partial charge in [0.25, 0.3) is 0 Å². The third-order valence-corrected chi connectivity index (χ3v) is 4.78. The van der Waals surface area contributed by atoms with Crippen molar-refractivity contribution in [1.82, 2.24) is 0 Å². The van der Waals surface area contributed by atoms with Gasteiger partial charge < -0.3 is 10.0 Å². The summed E-state index contributed by atoms with van der Waals surface area (Å²) in [7, 11) is 0. The molecule has 18 heavy (non-hydrogen) atoms. The highest BCUT2D eigenvalue weighted by Gasteiger charge is 2.35. The average molecular weight is 268 g/mol. The van der Waals surface area contributed by atoms with Crippen LogP contribution < -0.4 is 4.90 Å². The van der Waals surface area contributed by atoms with Crippen molar-refractivity contribution in [3.8, 4) is 0 Å². The number of hydrogen-bond donors (Lipinski definition) is 1. The Morgan fingerprint density at radius 3 is 2.83 bits per heavy atom. The monoisotopic (exact) mass is 267 g/mol.